The minimum Gasteiger partial charge on any atom is -0.497 e. The van der Waals surface area contributed by atoms with Crippen molar-refractivity contribution < 1.29 is 27.5 Å². The molecule has 1 aromatic heterocycles. The smallest absolute Gasteiger partial charge is 0.325 e. The Labute approximate surface area is 195 Å². The fourth-order valence-electron chi connectivity index (χ4n) is 3.25. The molecule has 0 radical (unpaired) electrons. The molecule has 9 nitrogen and oxygen atoms in total. The van der Waals surface area contributed by atoms with Crippen LogP contribution in [0.15, 0.2) is 52.4 Å². The normalized spacial score (nSPS) is 12.3. The van der Waals surface area contributed by atoms with Crippen molar-refractivity contribution in [3.8, 4) is 5.75 Å². The first kappa shape index (κ1) is 24.6. The number of hydrogen-bond acceptors (Lipinski definition) is 7. The summed E-state index contributed by atoms with van der Waals surface area (Å²) in [6, 6.07) is 11.0. The van der Waals surface area contributed by atoms with Gasteiger partial charge in [-0.25, -0.2) is 8.42 Å². The molecule has 0 N–H and O–H groups in total. The molecule has 0 saturated heterocycles. The van der Waals surface area contributed by atoms with Crippen molar-refractivity contribution in [3.05, 3.63) is 52.8 Å². The van der Waals surface area contributed by atoms with Crippen LogP contribution in [0.25, 0.3) is 10.2 Å². The van der Waals surface area contributed by atoms with Gasteiger partial charge in [-0.05, 0) is 42.5 Å². The highest BCUT2D eigenvalue weighted by Crippen LogP contribution is 2.23. The molecule has 0 atom stereocenters. The van der Waals surface area contributed by atoms with Crippen molar-refractivity contribution in [2.75, 3.05) is 27.3 Å². The van der Waals surface area contributed by atoms with E-state index in [1.165, 1.54) is 47.0 Å². The molecule has 0 unspecified atom stereocenters. The van der Waals surface area contributed by atoms with Gasteiger partial charge in [0.1, 0.15) is 12.3 Å². The Bertz CT molecular complexity index is 1340. The van der Waals surface area contributed by atoms with E-state index in [0.717, 1.165) is 4.70 Å². The van der Waals surface area contributed by atoms with Crippen LogP contribution in [0.2, 0.25) is 0 Å². The average molecular weight is 492 g/mol. The number of benzene rings is 2. The second-order valence-corrected chi connectivity index (χ2v) is 9.86. The average Bonchev–Trinajstić information content (AvgIpc) is 3.15. The highest BCUT2D eigenvalue weighted by atomic mass is 32.2. The molecule has 176 valence electrons. The topological polar surface area (TPSA) is 107 Å². The minimum atomic E-state index is -3.62. The predicted molar refractivity (Wildman–Crippen MR) is 125 cm³/mol. The Kier molecular flexibility index (Phi) is 7.67. The van der Waals surface area contributed by atoms with Crippen LogP contribution < -0.4 is 9.54 Å². The summed E-state index contributed by atoms with van der Waals surface area (Å²) in [6.45, 7) is 4.12. The van der Waals surface area contributed by atoms with E-state index in [4.69, 9.17) is 9.47 Å². The lowest BCUT2D eigenvalue weighted by atomic mass is 10.2. The summed E-state index contributed by atoms with van der Waals surface area (Å²) < 4.78 is 39.1. The Morgan fingerprint density at radius 3 is 2.30 bits per heavy atom. The Morgan fingerprint density at radius 2 is 1.73 bits per heavy atom. The Morgan fingerprint density at radius 1 is 1.06 bits per heavy atom. The first-order valence-corrected chi connectivity index (χ1v) is 12.4. The lowest BCUT2D eigenvalue weighted by molar-refractivity contribution is -0.141. The van der Waals surface area contributed by atoms with Gasteiger partial charge in [0.05, 0.1) is 29.3 Å². The maximum Gasteiger partial charge on any atom is 0.325 e. The first-order valence-electron chi connectivity index (χ1n) is 10.2. The zero-order valence-corrected chi connectivity index (χ0v) is 20.4. The number of hydrogen-bond donors (Lipinski definition) is 0. The molecule has 2 aromatic carbocycles. The summed E-state index contributed by atoms with van der Waals surface area (Å²) in [5, 5.41) is 0. The molecule has 1 amide bonds. The maximum absolute atomic E-state index is 12.9. The van der Waals surface area contributed by atoms with Crippen LogP contribution in [-0.2, 0) is 26.1 Å². The second-order valence-electron chi connectivity index (χ2n) is 6.91. The molecule has 3 aromatic rings. The molecule has 0 saturated carbocycles. The highest BCUT2D eigenvalue weighted by Gasteiger charge is 2.22. The van der Waals surface area contributed by atoms with Gasteiger partial charge in [0.15, 0.2) is 4.80 Å². The molecular weight excluding hydrogens is 466 g/mol. The van der Waals surface area contributed by atoms with E-state index in [-0.39, 0.29) is 17.0 Å². The van der Waals surface area contributed by atoms with Gasteiger partial charge in [0.2, 0.25) is 10.0 Å². The number of nitrogens with zero attached hydrogens (tertiary/aromatic N) is 3. The molecule has 3 rings (SSSR count). The van der Waals surface area contributed by atoms with Crippen molar-refractivity contribution in [2.24, 2.45) is 4.99 Å². The molecule has 1 heterocycles. The quantitative estimate of drug-likeness (QED) is 0.449. The third-order valence-corrected chi connectivity index (χ3v) is 8.15. The van der Waals surface area contributed by atoms with Gasteiger partial charge in [-0.15, -0.1) is 0 Å². The second kappa shape index (κ2) is 10.3. The van der Waals surface area contributed by atoms with Crippen LogP contribution in [0.5, 0.6) is 5.75 Å². The van der Waals surface area contributed by atoms with E-state index in [9.17, 15) is 18.0 Å². The number of esters is 1. The number of ether oxygens (including phenoxy) is 2. The van der Waals surface area contributed by atoms with E-state index in [2.05, 4.69) is 4.99 Å². The number of methoxy groups -OCH3 is 2. The Balaban J connectivity index is 2.02. The molecule has 0 aliphatic rings. The van der Waals surface area contributed by atoms with Crippen molar-refractivity contribution in [3.63, 3.8) is 0 Å². The number of rotatable bonds is 8. The maximum atomic E-state index is 12.9. The molecule has 0 spiro atoms. The number of thiazole rings is 1. The molecule has 0 bridgehead atoms. The van der Waals surface area contributed by atoms with Gasteiger partial charge in [0, 0.05) is 18.7 Å². The summed E-state index contributed by atoms with van der Waals surface area (Å²) >= 11 is 1.23. The van der Waals surface area contributed by atoms with Crippen molar-refractivity contribution >= 4 is 43.5 Å². The molecule has 0 aliphatic heterocycles. The van der Waals surface area contributed by atoms with Crippen molar-refractivity contribution in [2.45, 2.75) is 25.3 Å². The van der Waals surface area contributed by atoms with Gasteiger partial charge >= 0.3 is 5.97 Å². The number of amides is 1. The lowest BCUT2D eigenvalue weighted by Crippen LogP contribution is -2.30. The number of carbonyl (C=O) groups excluding carboxylic acids is 2. The van der Waals surface area contributed by atoms with Gasteiger partial charge in [-0.3, -0.25) is 9.59 Å². The van der Waals surface area contributed by atoms with Crippen molar-refractivity contribution in [1.82, 2.24) is 8.87 Å². The number of carbonyl (C=O) groups is 2. The first-order chi connectivity index (χ1) is 15.7. The molecular formula is C22H25N3O6S2. The van der Waals surface area contributed by atoms with Crippen molar-refractivity contribution in [1.29, 1.82) is 0 Å². The molecule has 11 heteroatoms. The van der Waals surface area contributed by atoms with Gasteiger partial charge in [0.25, 0.3) is 5.91 Å². The summed E-state index contributed by atoms with van der Waals surface area (Å²) in [4.78, 5) is 29.4. The fraction of sp³-hybridized carbons (Fsp3) is 0.318. The van der Waals surface area contributed by atoms with Gasteiger partial charge in [-0.1, -0.05) is 25.2 Å². The predicted octanol–water partition coefficient (Wildman–Crippen LogP) is 2.66. The number of aromatic nitrogens is 1. The van der Waals surface area contributed by atoms with E-state index in [1.54, 1.807) is 43.7 Å². The summed E-state index contributed by atoms with van der Waals surface area (Å²) in [5.41, 5.74) is 0.937. The van der Waals surface area contributed by atoms with Gasteiger partial charge < -0.3 is 14.0 Å². The van der Waals surface area contributed by atoms with E-state index in [0.29, 0.717) is 29.2 Å². The summed E-state index contributed by atoms with van der Waals surface area (Å²) in [5.74, 6) is -0.402. The fourth-order valence-corrected chi connectivity index (χ4v) is 5.76. The summed E-state index contributed by atoms with van der Waals surface area (Å²) in [6.07, 6.45) is 0. The zero-order chi connectivity index (χ0) is 24.2. The third kappa shape index (κ3) is 5.15. The van der Waals surface area contributed by atoms with Gasteiger partial charge in [-0.2, -0.15) is 9.30 Å². The standard InChI is InChI=1S/C22H25N3O6S2/c1-5-24(6-2)33(28,29)17-10-7-15(8-11-17)21(27)23-22-25(14-20(26)31-4)18-12-9-16(30-3)13-19(18)32-22/h7-13H,5-6,14H2,1-4H3. The number of fused-ring (bicyclic) bond motifs is 1. The van der Waals surface area contributed by atoms with Crippen LogP contribution in [0.4, 0.5) is 0 Å². The van der Waals surface area contributed by atoms with Crippen LogP contribution in [-0.4, -0.2) is 56.5 Å². The highest BCUT2D eigenvalue weighted by molar-refractivity contribution is 7.89. The van der Waals surface area contributed by atoms with Crippen LogP contribution in [0.3, 0.4) is 0 Å². The minimum absolute atomic E-state index is 0.109. The summed E-state index contributed by atoms with van der Waals surface area (Å²) in [7, 11) is -0.784. The largest absolute Gasteiger partial charge is 0.497 e. The molecule has 33 heavy (non-hydrogen) atoms. The van der Waals surface area contributed by atoms with Crippen LogP contribution in [0, 0.1) is 0 Å². The lowest BCUT2D eigenvalue weighted by Gasteiger charge is -2.18. The Hall–Kier alpha value is -3.02. The molecule has 0 aliphatic carbocycles. The van der Waals surface area contributed by atoms with Crippen LogP contribution >= 0.6 is 11.3 Å². The van der Waals surface area contributed by atoms with E-state index >= 15 is 0 Å². The van der Waals surface area contributed by atoms with E-state index < -0.39 is 21.9 Å². The third-order valence-electron chi connectivity index (χ3n) is 5.05. The van der Waals surface area contributed by atoms with E-state index in [1.807, 2.05) is 0 Å². The number of sulfonamides is 1. The van der Waals surface area contributed by atoms with Crippen LogP contribution in [0.1, 0.15) is 24.2 Å². The monoisotopic (exact) mass is 491 g/mol. The molecule has 0 fully saturated rings. The SMILES string of the molecule is CCN(CC)S(=O)(=O)c1ccc(C(=O)N=c2sc3cc(OC)ccc3n2CC(=O)OC)cc1. The zero-order valence-electron chi connectivity index (χ0n) is 18.8.